The SMILES string of the molecule is Cc1cnc(NC(=O)c2ccccc2)c(Cl)c1NC(=O)C1=CCN(C(=O)OC(C)(C)C)CC1. The minimum atomic E-state index is -0.582. The van der Waals surface area contributed by atoms with E-state index in [1.807, 2.05) is 6.07 Å². The Morgan fingerprint density at radius 3 is 2.39 bits per heavy atom. The van der Waals surface area contributed by atoms with Gasteiger partial charge in [0.05, 0.1) is 5.69 Å². The Kier molecular flexibility index (Phi) is 7.38. The molecule has 2 heterocycles. The average Bonchev–Trinajstić information content (AvgIpc) is 2.78. The number of rotatable bonds is 4. The quantitative estimate of drug-likeness (QED) is 0.668. The number of nitrogens with one attached hydrogen (secondary N) is 2. The van der Waals surface area contributed by atoms with Gasteiger partial charge in [-0.25, -0.2) is 9.78 Å². The van der Waals surface area contributed by atoms with Gasteiger partial charge in [-0.1, -0.05) is 35.9 Å². The zero-order valence-corrected chi connectivity index (χ0v) is 19.8. The molecule has 0 bridgehead atoms. The van der Waals surface area contributed by atoms with Crippen molar-refractivity contribution in [2.45, 2.75) is 39.7 Å². The normalized spacial score (nSPS) is 13.7. The van der Waals surface area contributed by atoms with Crippen LogP contribution in [0.1, 0.15) is 43.1 Å². The summed E-state index contributed by atoms with van der Waals surface area (Å²) in [5.41, 5.74) is 1.44. The molecular formula is C24H27ClN4O4. The number of anilines is 2. The van der Waals surface area contributed by atoms with Crippen LogP contribution in [0.2, 0.25) is 5.02 Å². The van der Waals surface area contributed by atoms with Crippen molar-refractivity contribution in [2.24, 2.45) is 0 Å². The van der Waals surface area contributed by atoms with E-state index in [9.17, 15) is 14.4 Å². The van der Waals surface area contributed by atoms with Gasteiger partial charge in [0.25, 0.3) is 11.8 Å². The van der Waals surface area contributed by atoms with Crippen molar-refractivity contribution in [2.75, 3.05) is 23.7 Å². The van der Waals surface area contributed by atoms with E-state index in [4.69, 9.17) is 16.3 Å². The number of hydrogen-bond donors (Lipinski definition) is 2. The highest BCUT2D eigenvalue weighted by Gasteiger charge is 2.26. The zero-order valence-electron chi connectivity index (χ0n) is 19.1. The molecule has 0 unspecified atom stereocenters. The van der Waals surface area contributed by atoms with E-state index in [0.29, 0.717) is 35.4 Å². The molecule has 0 fully saturated rings. The maximum Gasteiger partial charge on any atom is 0.410 e. The van der Waals surface area contributed by atoms with Gasteiger partial charge < -0.3 is 20.3 Å². The Balaban J connectivity index is 1.69. The highest BCUT2D eigenvalue weighted by atomic mass is 35.5. The number of amides is 3. The predicted octanol–water partition coefficient (Wildman–Crippen LogP) is 4.80. The number of pyridine rings is 1. The molecule has 1 aromatic heterocycles. The van der Waals surface area contributed by atoms with Gasteiger partial charge in [0.1, 0.15) is 10.6 Å². The van der Waals surface area contributed by atoms with Crippen molar-refractivity contribution in [3.8, 4) is 0 Å². The lowest BCUT2D eigenvalue weighted by Crippen LogP contribution is -2.40. The molecule has 9 heteroatoms. The molecule has 3 rings (SSSR count). The predicted molar refractivity (Wildman–Crippen MR) is 128 cm³/mol. The van der Waals surface area contributed by atoms with Gasteiger partial charge >= 0.3 is 6.09 Å². The smallest absolute Gasteiger partial charge is 0.410 e. The number of carbonyl (C=O) groups excluding carboxylic acids is 3. The summed E-state index contributed by atoms with van der Waals surface area (Å²) in [6, 6.07) is 8.68. The Morgan fingerprint density at radius 2 is 1.79 bits per heavy atom. The minimum absolute atomic E-state index is 0.138. The van der Waals surface area contributed by atoms with Gasteiger partial charge in [-0.3, -0.25) is 9.59 Å². The Labute approximate surface area is 198 Å². The first-order valence-electron chi connectivity index (χ1n) is 10.5. The second-order valence-electron chi connectivity index (χ2n) is 8.66. The first kappa shape index (κ1) is 24.3. The van der Waals surface area contributed by atoms with Crippen LogP contribution in [0.5, 0.6) is 0 Å². The summed E-state index contributed by atoms with van der Waals surface area (Å²) in [6.07, 6.45) is 3.20. The number of hydrogen-bond acceptors (Lipinski definition) is 5. The lowest BCUT2D eigenvalue weighted by molar-refractivity contribution is -0.113. The molecule has 0 atom stereocenters. The van der Waals surface area contributed by atoms with Gasteiger partial charge in [-0.15, -0.1) is 0 Å². The van der Waals surface area contributed by atoms with Crippen LogP contribution < -0.4 is 10.6 Å². The summed E-state index contributed by atoms with van der Waals surface area (Å²) in [6.45, 7) is 7.83. The largest absolute Gasteiger partial charge is 0.444 e. The Bertz CT molecular complexity index is 1090. The fraction of sp³-hybridized carbons (Fsp3) is 0.333. The number of ether oxygens (including phenoxy) is 1. The van der Waals surface area contributed by atoms with Crippen LogP contribution in [0.4, 0.5) is 16.3 Å². The molecule has 8 nitrogen and oxygen atoms in total. The third kappa shape index (κ3) is 6.32. The van der Waals surface area contributed by atoms with Crippen molar-refractivity contribution in [1.29, 1.82) is 0 Å². The molecule has 0 aliphatic carbocycles. The molecule has 33 heavy (non-hydrogen) atoms. The first-order chi connectivity index (χ1) is 15.5. The van der Waals surface area contributed by atoms with E-state index >= 15 is 0 Å². The maximum atomic E-state index is 12.9. The van der Waals surface area contributed by atoms with Gasteiger partial charge in [0.15, 0.2) is 5.82 Å². The highest BCUT2D eigenvalue weighted by molar-refractivity contribution is 6.37. The lowest BCUT2D eigenvalue weighted by atomic mass is 10.1. The Morgan fingerprint density at radius 1 is 1.09 bits per heavy atom. The summed E-state index contributed by atoms with van der Waals surface area (Å²) in [7, 11) is 0. The van der Waals surface area contributed by atoms with Gasteiger partial charge in [0.2, 0.25) is 0 Å². The van der Waals surface area contributed by atoms with Gasteiger partial charge in [-0.05, 0) is 51.8 Å². The lowest BCUT2D eigenvalue weighted by Gasteiger charge is -2.29. The van der Waals surface area contributed by atoms with Crippen LogP contribution in [-0.2, 0) is 9.53 Å². The monoisotopic (exact) mass is 470 g/mol. The average molecular weight is 471 g/mol. The van der Waals surface area contributed by atoms with Crippen LogP contribution in [0.25, 0.3) is 0 Å². The molecule has 0 saturated heterocycles. The molecule has 1 aliphatic rings. The van der Waals surface area contributed by atoms with Crippen molar-refractivity contribution >= 4 is 41.0 Å². The third-order valence-corrected chi connectivity index (χ3v) is 5.24. The van der Waals surface area contributed by atoms with E-state index < -0.39 is 11.7 Å². The van der Waals surface area contributed by atoms with E-state index in [1.165, 1.54) is 6.20 Å². The van der Waals surface area contributed by atoms with Crippen molar-refractivity contribution in [3.63, 3.8) is 0 Å². The molecule has 0 saturated carbocycles. The molecule has 1 aliphatic heterocycles. The first-order valence-corrected chi connectivity index (χ1v) is 10.9. The zero-order chi connectivity index (χ0) is 24.2. The molecule has 1 aromatic carbocycles. The molecule has 174 valence electrons. The summed E-state index contributed by atoms with van der Waals surface area (Å²) < 4.78 is 5.38. The van der Waals surface area contributed by atoms with Crippen LogP contribution >= 0.6 is 11.6 Å². The van der Waals surface area contributed by atoms with Crippen LogP contribution in [0, 0.1) is 6.92 Å². The fourth-order valence-electron chi connectivity index (χ4n) is 3.15. The topological polar surface area (TPSA) is 101 Å². The van der Waals surface area contributed by atoms with Crippen LogP contribution in [0.3, 0.4) is 0 Å². The summed E-state index contributed by atoms with van der Waals surface area (Å²) in [5, 5.41) is 5.63. The second kappa shape index (κ2) is 10.0. The third-order valence-electron chi connectivity index (χ3n) is 4.87. The van der Waals surface area contributed by atoms with Crippen molar-refractivity contribution in [3.05, 3.63) is 64.3 Å². The number of benzene rings is 1. The standard InChI is InChI=1S/C24H27ClN4O4/c1-15-14-26-20(28-22(31)16-8-6-5-7-9-16)18(25)19(15)27-21(30)17-10-12-29(13-11-17)23(32)33-24(2,3)4/h5-10,14H,11-13H2,1-4H3,(H2,26,27,28,30,31). The van der Waals surface area contributed by atoms with Crippen LogP contribution in [0.15, 0.2) is 48.2 Å². The number of nitrogens with zero attached hydrogens (tertiary/aromatic N) is 2. The molecule has 0 radical (unpaired) electrons. The Hall–Kier alpha value is -3.39. The van der Waals surface area contributed by atoms with E-state index in [0.717, 1.165) is 0 Å². The minimum Gasteiger partial charge on any atom is -0.444 e. The molecule has 2 aromatic rings. The molecule has 0 spiro atoms. The summed E-state index contributed by atoms with van der Waals surface area (Å²) in [4.78, 5) is 43.3. The van der Waals surface area contributed by atoms with Gasteiger partial charge in [0, 0.05) is 30.4 Å². The van der Waals surface area contributed by atoms with Crippen LogP contribution in [-0.4, -0.2) is 46.5 Å². The second-order valence-corrected chi connectivity index (χ2v) is 9.04. The molecule has 2 N–H and O–H groups in total. The number of halogens is 1. The fourth-order valence-corrected chi connectivity index (χ4v) is 3.44. The van der Waals surface area contributed by atoms with Crippen molar-refractivity contribution in [1.82, 2.24) is 9.88 Å². The highest BCUT2D eigenvalue weighted by Crippen LogP contribution is 2.32. The summed E-state index contributed by atoms with van der Waals surface area (Å²) >= 11 is 6.47. The number of aromatic nitrogens is 1. The summed E-state index contributed by atoms with van der Waals surface area (Å²) in [5.74, 6) is -0.529. The van der Waals surface area contributed by atoms with E-state index in [1.54, 1.807) is 62.9 Å². The number of carbonyl (C=O) groups is 3. The van der Waals surface area contributed by atoms with E-state index in [2.05, 4.69) is 15.6 Å². The van der Waals surface area contributed by atoms with E-state index in [-0.39, 0.29) is 29.2 Å². The molecular weight excluding hydrogens is 444 g/mol. The van der Waals surface area contributed by atoms with Crippen molar-refractivity contribution < 1.29 is 19.1 Å². The number of aryl methyl sites for hydroxylation is 1. The maximum absolute atomic E-state index is 12.9. The van der Waals surface area contributed by atoms with Gasteiger partial charge in [-0.2, -0.15) is 0 Å². The molecule has 3 amide bonds.